The number of allylic oxidation sites excluding steroid dienone is 1. The predicted octanol–water partition coefficient (Wildman–Crippen LogP) is 4.67. The van der Waals surface area contributed by atoms with Gasteiger partial charge >= 0.3 is 0 Å². The predicted molar refractivity (Wildman–Crippen MR) is 108 cm³/mol. The average Bonchev–Trinajstić information content (AvgIpc) is 3.29. The molecule has 0 unspecified atom stereocenters. The number of thioether (sulfide) groups is 1. The van der Waals surface area contributed by atoms with Crippen molar-refractivity contribution >= 4 is 55.6 Å². The maximum atomic E-state index is 10.9. The van der Waals surface area contributed by atoms with Gasteiger partial charge in [0.25, 0.3) is 5.69 Å². The van der Waals surface area contributed by atoms with Crippen LogP contribution in [-0.4, -0.2) is 30.7 Å². The van der Waals surface area contributed by atoms with Gasteiger partial charge in [-0.3, -0.25) is 10.1 Å². The van der Waals surface area contributed by atoms with Crippen molar-refractivity contribution < 1.29 is 10.0 Å². The summed E-state index contributed by atoms with van der Waals surface area (Å²) in [5.74, 6) is 0.320. The van der Waals surface area contributed by atoms with Gasteiger partial charge in [0.2, 0.25) is 0 Å². The highest BCUT2D eigenvalue weighted by molar-refractivity contribution is 8.01. The number of aliphatic hydroxyl groups is 1. The number of rotatable bonds is 5. The Morgan fingerprint density at radius 1 is 1.29 bits per heavy atom. The Kier molecular flexibility index (Phi) is 4.68. The second kappa shape index (κ2) is 7.30. The zero-order valence-electron chi connectivity index (χ0n) is 14.1. The first-order chi connectivity index (χ1) is 13.5. The zero-order chi connectivity index (χ0) is 19.7. The number of aliphatic hydroxyl groups excluding tert-OH is 1. The lowest BCUT2D eigenvalue weighted by Gasteiger charge is -2.00. The first-order valence-electron chi connectivity index (χ1n) is 8.00. The molecule has 0 fully saturated rings. The third-order valence-corrected chi connectivity index (χ3v) is 6.09. The number of imidazole rings is 1. The summed E-state index contributed by atoms with van der Waals surface area (Å²) in [6.07, 6.45) is 0. The lowest BCUT2D eigenvalue weighted by Crippen LogP contribution is -1.95. The monoisotopic (exact) mass is 409 g/mol. The first-order valence-corrected chi connectivity index (χ1v) is 9.80. The van der Waals surface area contributed by atoms with Gasteiger partial charge in [0, 0.05) is 12.1 Å². The molecule has 0 aliphatic rings. The average molecular weight is 409 g/mol. The molecule has 0 atom stereocenters. The van der Waals surface area contributed by atoms with Gasteiger partial charge in [-0.05, 0) is 18.2 Å². The number of fused-ring (bicyclic) bond motifs is 2. The van der Waals surface area contributed by atoms with Crippen LogP contribution in [0.15, 0.2) is 52.6 Å². The highest BCUT2D eigenvalue weighted by Crippen LogP contribution is 2.33. The molecule has 0 saturated carbocycles. The van der Waals surface area contributed by atoms with Gasteiger partial charge < -0.3 is 10.1 Å². The first kappa shape index (κ1) is 18.0. The lowest BCUT2D eigenvalue weighted by atomic mass is 10.2. The van der Waals surface area contributed by atoms with Crippen LogP contribution in [0.1, 0.15) is 5.82 Å². The molecule has 4 rings (SSSR count). The van der Waals surface area contributed by atoms with Gasteiger partial charge in [0.05, 0.1) is 31.9 Å². The number of nitrogens with zero attached hydrogens (tertiary/aromatic N) is 4. The summed E-state index contributed by atoms with van der Waals surface area (Å²) in [4.78, 5) is 22.2. The number of hydrogen-bond donors (Lipinski definition) is 2. The zero-order valence-corrected chi connectivity index (χ0v) is 15.8. The van der Waals surface area contributed by atoms with Crippen LogP contribution in [-0.2, 0) is 0 Å². The molecule has 4 aromatic rings. The van der Waals surface area contributed by atoms with E-state index in [9.17, 15) is 20.5 Å². The number of nitro groups is 1. The van der Waals surface area contributed by atoms with Gasteiger partial charge in [-0.1, -0.05) is 23.9 Å². The number of non-ortho nitro benzene ring substituents is 1. The minimum absolute atomic E-state index is 0.00657. The number of aromatic nitrogens is 3. The van der Waals surface area contributed by atoms with E-state index in [4.69, 9.17) is 0 Å². The molecule has 0 saturated heterocycles. The van der Waals surface area contributed by atoms with Crippen molar-refractivity contribution in [1.82, 2.24) is 15.0 Å². The van der Waals surface area contributed by atoms with Gasteiger partial charge in [-0.2, -0.15) is 5.26 Å². The Hall–Kier alpha value is -3.42. The third kappa shape index (κ3) is 3.40. The van der Waals surface area contributed by atoms with Gasteiger partial charge in [-0.15, -0.1) is 11.3 Å². The van der Waals surface area contributed by atoms with E-state index in [1.807, 2.05) is 30.3 Å². The summed E-state index contributed by atoms with van der Waals surface area (Å²) < 4.78 is 1.34. The molecule has 138 valence electrons. The topological polar surface area (TPSA) is 129 Å². The second-order valence-electron chi connectivity index (χ2n) is 5.71. The van der Waals surface area contributed by atoms with Crippen molar-refractivity contribution in [3.63, 3.8) is 0 Å². The molecule has 0 aliphatic heterocycles. The van der Waals surface area contributed by atoms with E-state index in [0.29, 0.717) is 25.9 Å². The maximum absolute atomic E-state index is 10.9. The van der Waals surface area contributed by atoms with Gasteiger partial charge in [0.15, 0.2) is 10.2 Å². The molecule has 2 N–H and O–H groups in total. The number of thiazole rings is 1. The van der Waals surface area contributed by atoms with Crippen LogP contribution < -0.4 is 0 Å². The van der Waals surface area contributed by atoms with E-state index < -0.39 is 4.92 Å². The molecule has 0 aliphatic carbocycles. The summed E-state index contributed by atoms with van der Waals surface area (Å²) in [7, 11) is 0. The summed E-state index contributed by atoms with van der Waals surface area (Å²) in [6, 6.07) is 13.8. The van der Waals surface area contributed by atoms with Crippen LogP contribution in [0.4, 0.5) is 5.69 Å². The van der Waals surface area contributed by atoms with Crippen LogP contribution in [0.3, 0.4) is 0 Å². The van der Waals surface area contributed by atoms with E-state index >= 15 is 0 Å². The number of para-hydroxylation sites is 2. The Balaban J connectivity index is 1.58. The highest BCUT2D eigenvalue weighted by atomic mass is 32.2. The van der Waals surface area contributed by atoms with Crippen LogP contribution in [0.25, 0.3) is 26.8 Å². The van der Waals surface area contributed by atoms with Crippen molar-refractivity contribution in [1.29, 1.82) is 5.26 Å². The third-order valence-electron chi connectivity index (χ3n) is 3.92. The van der Waals surface area contributed by atoms with Crippen LogP contribution in [0, 0.1) is 21.4 Å². The summed E-state index contributed by atoms with van der Waals surface area (Å²) in [5.41, 5.74) is 2.21. The molecule has 0 radical (unpaired) electrons. The van der Waals surface area contributed by atoms with E-state index in [0.717, 1.165) is 5.52 Å². The van der Waals surface area contributed by atoms with Gasteiger partial charge in [0.1, 0.15) is 17.4 Å². The quantitative estimate of drug-likeness (QED) is 0.161. The second-order valence-corrected chi connectivity index (χ2v) is 7.97. The van der Waals surface area contributed by atoms with Crippen molar-refractivity contribution in [2.45, 2.75) is 4.34 Å². The minimum Gasteiger partial charge on any atom is -0.510 e. The van der Waals surface area contributed by atoms with Crippen LogP contribution in [0.5, 0.6) is 0 Å². The van der Waals surface area contributed by atoms with Crippen LogP contribution in [0.2, 0.25) is 0 Å². The minimum atomic E-state index is -0.451. The fourth-order valence-corrected chi connectivity index (χ4v) is 4.57. The summed E-state index contributed by atoms with van der Waals surface area (Å²) in [6.45, 7) is 0. The number of H-pyrrole nitrogens is 1. The molecular weight excluding hydrogens is 398 g/mol. The Labute approximate surface area is 166 Å². The standard InChI is InChI=1S/C18H11N5O3S2/c19-8-11(17-20-12-3-1-2-4-13(12)21-17)15(24)9-27-18-22-14-6-5-10(23(25)26)7-16(14)28-18/h1-7,24H,9H2,(H,20,21). The number of aromatic amines is 1. The molecule has 0 amide bonds. The number of nitro benzene ring substituents is 1. The fourth-order valence-electron chi connectivity index (χ4n) is 2.60. The summed E-state index contributed by atoms with van der Waals surface area (Å²) >= 11 is 2.55. The molecule has 2 heterocycles. The lowest BCUT2D eigenvalue weighted by molar-refractivity contribution is -0.384. The van der Waals surface area contributed by atoms with Crippen molar-refractivity contribution in [3.8, 4) is 6.07 Å². The van der Waals surface area contributed by atoms with E-state index in [1.54, 1.807) is 6.07 Å². The number of nitriles is 1. The molecule has 8 nitrogen and oxygen atoms in total. The highest BCUT2D eigenvalue weighted by Gasteiger charge is 2.15. The molecule has 28 heavy (non-hydrogen) atoms. The Morgan fingerprint density at radius 3 is 2.86 bits per heavy atom. The molecular formula is C18H11N5O3S2. The fraction of sp³-hybridized carbons (Fsp3) is 0.0556. The van der Waals surface area contributed by atoms with Gasteiger partial charge in [-0.25, -0.2) is 9.97 Å². The SMILES string of the molecule is N#CC(=C(O)CSc1nc2ccc([N+](=O)[O-])cc2s1)c1nc2ccccc2[nH]1. The number of benzene rings is 2. The van der Waals surface area contributed by atoms with Crippen molar-refractivity contribution in [2.75, 3.05) is 5.75 Å². The molecule has 0 spiro atoms. The largest absolute Gasteiger partial charge is 0.510 e. The molecule has 10 heteroatoms. The Morgan fingerprint density at radius 2 is 2.11 bits per heavy atom. The molecule has 0 bridgehead atoms. The number of hydrogen-bond acceptors (Lipinski definition) is 8. The normalized spacial score (nSPS) is 12.1. The van der Waals surface area contributed by atoms with E-state index in [1.165, 1.54) is 35.2 Å². The maximum Gasteiger partial charge on any atom is 0.270 e. The number of nitrogens with one attached hydrogen (secondary N) is 1. The molecule has 2 aromatic heterocycles. The van der Waals surface area contributed by atoms with Crippen molar-refractivity contribution in [3.05, 3.63) is 64.2 Å². The molecule has 2 aromatic carbocycles. The summed E-state index contributed by atoms with van der Waals surface area (Å²) in [5, 5.41) is 30.7. The van der Waals surface area contributed by atoms with Crippen molar-refractivity contribution in [2.24, 2.45) is 0 Å². The van der Waals surface area contributed by atoms with E-state index in [2.05, 4.69) is 15.0 Å². The Bertz CT molecular complexity index is 1250. The van der Waals surface area contributed by atoms with E-state index in [-0.39, 0.29) is 22.8 Å². The van der Waals surface area contributed by atoms with Crippen LogP contribution >= 0.6 is 23.1 Å². The smallest absolute Gasteiger partial charge is 0.270 e.